The highest BCUT2D eigenvalue weighted by molar-refractivity contribution is 5.94. The summed E-state index contributed by atoms with van der Waals surface area (Å²) < 4.78 is 5.23. The van der Waals surface area contributed by atoms with Gasteiger partial charge in [0.15, 0.2) is 0 Å². The minimum Gasteiger partial charge on any atom is -0.478 e. The summed E-state index contributed by atoms with van der Waals surface area (Å²) in [5.74, 6) is -0.755. The van der Waals surface area contributed by atoms with Gasteiger partial charge in [-0.25, -0.2) is 9.78 Å². The maximum atomic E-state index is 11.0. The van der Waals surface area contributed by atoms with E-state index in [0.29, 0.717) is 24.7 Å². The Balaban J connectivity index is 2.79. The van der Waals surface area contributed by atoms with Crippen molar-refractivity contribution in [3.63, 3.8) is 0 Å². The van der Waals surface area contributed by atoms with Crippen LogP contribution in [0.2, 0.25) is 0 Å². The van der Waals surface area contributed by atoms with E-state index in [-0.39, 0.29) is 11.6 Å². The van der Waals surface area contributed by atoms with Crippen LogP contribution < -0.4 is 11.1 Å². The quantitative estimate of drug-likeness (QED) is 0.690. The Morgan fingerprint density at radius 1 is 1.71 bits per heavy atom. The van der Waals surface area contributed by atoms with Crippen LogP contribution in [-0.2, 0) is 4.74 Å². The SMILES string of the molecule is CCOCC(C)Nc1ncc(N)cc1C(=O)O. The molecule has 0 fully saturated rings. The number of anilines is 2. The predicted molar refractivity (Wildman–Crippen MR) is 65.2 cm³/mol. The molecule has 1 atom stereocenters. The summed E-state index contributed by atoms with van der Waals surface area (Å²) in [6.07, 6.45) is 1.42. The number of carbonyl (C=O) groups is 1. The van der Waals surface area contributed by atoms with E-state index in [1.54, 1.807) is 0 Å². The van der Waals surface area contributed by atoms with Crippen molar-refractivity contribution >= 4 is 17.5 Å². The van der Waals surface area contributed by atoms with Gasteiger partial charge in [-0.3, -0.25) is 0 Å². The summed E-state index contributed by atoms with van der Waals surface area (Å²) in [6.45, 7) is 4.89. The van der Waals surface area contributed by atoms with Gasteiger partial charge < -0.3 is 20.9 Å². The number of aromatic nitrogens is 1. The number of carboxylic acid groups (broad SMARTS) is 1. The van der Waals surface area contributed by atoms with Gasteiger partial charge in [0.25, 0.3) is 0 Å². The molecule has 6 nitrogen and oxygen atoms in total. The number of rotatable bonds is 6. The summed E-state index contributed by atoms with van der Waals surface area (Å²) in [5, 5.41) is 12.0. The number of nitrogens with two attached hydrogens (primary N) is 1. The van der Waals surface area contributed by atoms with Crippen molar-refractivity contribution in [3.05, 3.63) is 17.8 Å². The summed E-state index contributed by atoms with van der Waals surface area (Å²) in [6, 6.07) is 1.36. The minimum atomic E-state index is -1.06. The second-order valence-corrected chi connectivity index (χ2v) is 3.67. The molecule has 0 bridgehead atoms. The summed E-state index contributed by atoms with van der Waals surface area (Å²) in [7, 11) is 0. The van der Waals surface area contributed by atoms with Crippen LogP contribution in [-0.4, -0.2) is 35.3 Å². The first-order chi connectivity index (χ1) is 8.04. The molecule has 1 aromatic heterocycles. The molecule has 94 valence electrons. The number of carboxylic acids is 1. The van der Waals surface area contributed by atoms with E-state index in [2.05, 4.69) is 10.3 Å². The third-order valence-corrected chi connectivity index (χ3v) is 2.09. The van der Waals surface area contributed by atoms with E-state index in [1.165, 1.54) is 12.3 Å². The largest absolute Gasteiger partial charge is 0.478 e. The molecule has 1 aromatic rings. The second kappa shape index (κ2) is 6.05. The summed E-state index contributed by atoms with van der Waals surface area (Å²) >= 11 is 0. The number of nitrogens with zero attached hydrogens (tertiary/aromatic N) is 1. The first-order valence-corrected chi connectivity index (χ1v) is 5.37. The van der Waals surface area contributed by atoms with Gasteiger partial charge in [0.2, 0.25) is 0 Å². The first-order valence-electron chi connectivity index (χ1n) is 5.37. The summed E-state index contributed by atoms with van der Waals surface area (Å²) in [4.78, 5) is 15.0. The van der Waals surface area contributed by atoms with Crippen LogP contribution in [0.1, 0.15) is 24.2 Å². The van der Waals surface area contributed by atoms with Gasteiger partial charge in [0, 0.05) is 12.6 Å². The molecule has 0 aliphatic rings. The van der Waals surface area contributed by atoms with Crippen molar-refractivity contribution in [2.75, 3.05) is 24.3 Å². The maximum absolute atomic E-state index is 11.0. The lowest BCUT2D eigenvalue weighted by Crippen LogP contribution is -2.23. The van der Waals surface area contributed by atoms with Gasteiger partial charge in [-0.2, -0.15) is 0 Å². The molecule has 0 aliphatic carbocycles. The normalized spacial score (nSPS) is 12.1. The van der Waals surface area contributed by atoms with Crippen LogP contribution in [0.15, 0.2) is 12.3 Å². The summed E-state index contributed by atoms with van der Waals surface area (Å²) in [5.41, 5.74) is 5.89. The van der Waals surface area contributed by atoms with Crippen molar-refractivity contribution in [3.8, 4) is 0 Å². The minimum absolute atomic E-state index is 0.0239. The smallest absolute Gasteiger partial charge is 0.339 e. The van der Waals surface area contributed by atoms with E-state index < -0.39 is 5.97 Å². The maximum Gasteiger partial charge on any atom is 0.339 e. The average molecular weight is 239 g/mol. The van der Waals surface area contributed by atoms with Crippen LogP contribution in [0.25, 0.3) is 0 Å². The molecule has 0 radical (unpaired) electrons. The zero-order valence-corrected chi connectivity index (χ0v) is 9.93. The molecule has 0 aliphatic heterocycles. The van der Waals surface area contributed by atoms with Gasteiger partial charge in [0.1, 0.15) is 11.4 Å². The Morgan fingerprint density at radius 2 is 2.41 bits per heavy atom. The van der Waals surface area contributed by atoms with E-state index in [0.717, 1.165) is 0 Å². The van der Waals surface area contributed by atoms with Crippen molar-refractivity contribution in [2.24, 2.45) is 0 Å². The topological polar surface area (TPSA) is 97.5 Å². The molecule has 0 amide bonds. The van der Waals surface area contributed by atoms with Crippen LogP contribution in [0.5, 0.6) is 0 Å². The fourth-order valence-electron chi connectivity index (χ4n) is 1.33. The highest BCUT2D eigenvalue weighted by atomic mass is 16.5. The van der Waals surface area contributed by atoms with Crippen molar-refractivity contribution in [2.45, 2.75) is 19.9 Å². The zero-order valence-electron chi connectivity index (χ0n) is 9.93. The fraction of sp³-hybridized carbons (Fsp3) is 0.455. The molecule has 6 heteroatoms. The highest BCUT2D eigenvalue weighted by Gasteiger charge is 2.13. The van der Waals surface area contributed by atoms with Crippen molar-refractivity contribution < 1.29 is 14.6 Å². The molecule has 0 saturated carbocycles. The lowest BCUT2D eigenvalue weighted by molar-refractivity contribution is 0.0697. The van der Waals surface area contributed by atoms with E-state index in [1.807, 2.05) is 13.8 Å². The Kier molecular flexibility index (Phi) is 4.71. The van der Waals surface area contributed by atoms with E-state index in [9.17, 15) is 4.79 Å². The third-order valence-electron chi connectivity index (χ3n) is 2.09. The van der Waals surface area contributed by atoms with Gasteiger partial charge >= 0.3 is 5.97 Å². The first kappa shape index (κ1) is 13.2. The predicted octanol–water partition coefficient (Wildman–Crippen LogP) is 1.20. The van der Waals surface area contributed by atoms with E-state index in [4.69, 9.17) is 15.6 Å². The Morgan fingerprint density at radius 3 is 3.00 bits per heavy atom. The zero-order chi connectivity index (χ0) is 12.8. The second-order valence-electron chi connectivity index (χ2n) is 3.67. The highest BCUT2D eigenvalue weighted by Crippen LogP contribution is 2.16. The number of aromatic carboxylic acids is 1. The van der Waals surface area contributed by atoms with Crippen LogP contribution >= 0.6 is 0 Å². The molecule has 4 N–H and O–H groups in total. The number of hydrogen-bond acceptors (Lipinski definition) is 5. The van der Waals surface area contributed by atoms with Crippen LogP contribution in [0.4, 0.5) is 11.5 Å². The van der Waals surface area contributed by atoms with Gasteiger partial charge in [-0.15, -0.1) is 0 Å². The molecule has 1 unspecified atom stereocenters. The third kappa shape index (κ3) is 3.92. The average Bonchev–Trinajstić information content (AvgIpc) is 2.28. The van der Waals surface area contributed by atoms with Crippen molar-refractivity contribution in [1.29, 1.82) is 0 Å². The molecule has 1 heterocycles. The number of pyridine rings is 1. The van der Waals surface area contributed by atoms with Crippen LogP contribution in [0.3, 0.4) is 0 Å². The lowest BCUT2D eigenvalue weighted by atomic mass is 10.2. The molecule has 0 saturated heterocycles. The lowest BCUT2D eigenvalue weighted by Gasteiger charge is -2.15. The molecule has 0 aromatic carbocycles. The number of ether oxygens (including phenoxy) is 1. The Labute approximate surface area is 99.8 Å². The monoisotopic (exact) mass is 239 g/mol. The Bertz CT molecular complexity index is 396. The molecular formula is C11H17N3O3. The molecular weight excluding hydrogens is 222 g/mol. The van der Waals surface area contributed by atoms with Gasteiger partial charge in [-0.1, -0.05) is 0 Å². The number of nitrogen functional groups attached to an aromatic ring is 1. The number of nitrogens with one attached hydrogen (secondary N) is 1. The van der Waals surface area contributed by atoms with Gasteiger partial charge in [0.05, 0.1) is 18.5 Å². The molecule has 1 rings (SSSR count). The van der Waals surface area contributed by atoms with Crippen LogP contribution in [0, 0.1) is 0 Å². The number of hydrogen-bond donors (Lipinski definition) is 3. The van der Waals surface area contributed by atoms with Gasteiger partial charge in [-0.05, 0) is 19.9 Å². The Hall–Kier alpha value is -1.82. The van der Waals surface area contributed by atoms with E-state index >= 15 is 0 Å². The standard InChI is InChI=1S/C11H17N3O3/c1-3-17-6-7(2)14-10-9(11(15)16)4-8(12)5-13-10/h4-5,7H,3,6,12H2,1-2H3,(H,13,14)(H,15,16). The van der Waals surface area contributed by atoms with Crippen molar-refractivity contribution in [1.82, 2.24) is 4.98 Å². The molecule has 0 spiro atoms. The fourth-order valence-corrected chi connectivity index (χ4v) is 1.33. The molecule has 17 heavy (non-hydrogen) atoms.